The fourth-order valence-electron chi connectivity index (χ4n) is 3.81. The monoisotopic (exact) mass is 425 g/mol. The fourth-order valence-corrected chi connectivity index (χ4v) is 4.21. The van der Waals surface area contributed by atoms with E-state index in [1.165, 1.54) is 4.90 Å². The highest BCUT2D eigenvalue weighted by Crippen LogP contribution is 2.33. The first-order valence-electron chi connectivity index (χ1n) is 10.2. The fraction of sp³-hybridized carbons (Fsp3) is 0.120. The molecule has 0 amide bonds. The number of hydrogen-bond acceptors (Lipinski definition) is 5. The Labute approximate surface area is 186 Å². The highest BCUT2D eigenvalue weighted by molar-refractivity contribution is 7.98. The van der Waals surface area contributed by atoms with Crippen molar-refractivity contribution < 1.29 is 0 Å². The number of hydrogen-bond donors (Lipinski definition) is 2. The van der Waals surface area contributed by atoms with Crippen molar-refractivity contribution in [1.82, 2.24) is 15.2 Å². The summed E-state index contributed by atoms with van der Waals surface area (Å²) in [7, 11) is 0. The van der Waals surface area contributed by atoms with E-state index in [2.05, 4.69) is 59.4 Å². The van der Waals surface area contributed by atoms with Crippen LogP contribution in [-0.4, -0.2) is 21.7 Å². The Bertz CT molecular complexity index is 1210. The first kappa shape index (κ1) is 19.5. The van der Waals surface area contributed by atoms with Crippen LogP contribution in [0.4, 0.5) is 5.69 Å². The number of nitrogen functional groups attached to an aromatic ring is 1. The maximum Gasteiger partial charge on any atom is 0.0981 e. The molecule has 1 aromatic heterocycles. The Balaban J connectivity index is 1.51. The van der Waals surface area contributed by atoms with Crippen molar-refractivity contribution in [2.24, 2.45) is 5.10 Å². The summed E-state index contributed by atoms with van der Waals surface area (Å²) < 4.78 is 1.95. The second-order valence-corrected chi connectivity index (χ2v) is 8.39. The number of hydrazone groups is 1. The highest BCUT2D eigenvalue weighted by Gasteiger charge is 2.26. The molecule has 0 fully saturated rings. The van der Waals surface area contributed by atoms with Crippen LogP contribution < -0.4 is 11.2 Å². The zero-order valence-electron chi connectivity index (χ0n) is 17.2. The molecule has 1 unspecified atom stereocenters. The molecule has 1 aliphatic rings. The molecule has 3 aromatic carbocycles. The summed E-state index contributed by atoms with van der Waals surface area (Å²) in [5.74, 6) is 0. The van der Waals surface area contributed by atoms with Crippen molar-refractivity contribution >= 4 is 23.2 Å². The van der Waals surface area contributed by atoms with Crippen molar-refractivity contribution in [2.75, 3.05) is 12.0 Å². The Kier molecular flexibility index (Phi) is 5.22. The van der Waals surface area contributed by atoms with Crippen molar-refractivity contribution in [3.8, 4) is 16.9 Å². The van der Waals surface area contributed by atoms with E-state index in [9.17, 15) is 0 Å². The van der Waals surface area contributed by atoms with Crippen molar-refractivity contribution in [3.63, 3.8) is 0 Å². The van der Waals surface area contributed by atoms with E-state index in [0.29, 0.717) is 0 Å². The molecule has 4 aromatic rings. The lowest BCUT2D eigenvalue weighted by atomic mass is 9.97. The van der Waals surface area contributed by atoms with E-state index < -0.39 is 0 Å². The predicted octanol–water partition coefficient (Wildman–Crippen LogP) is 5.28. The third kappa shape index (κ3) is 3.94. The van der Waals surface area contributed by atoms with Crippen LogP contribution in [0.25, 0.3) is 16.9 Å². The van der Waals surface area contributed by atoms with Gasteiger partial charge in [0.15, 0.2) is 0 Å². The van der Waals surface area contributed by atoms with E-state index >= 15 is 0 Å². The number of nitrogens with one attached hydrogen (secondary N) is 1. The number of para-hydroxylation sites is 1. The van der Waals surface area contributed by atoms with Crippen LogP contribution in [0.1, 0.15) is 23.6 Å². The summed E-state index contributed by atoms with van der Waals surface area (Å²) in [6, 6.07) is 26.7. The number of rotatable bonds is 5. The molecule has 2 heterocycles. The summed E-state index contributed by atoms with van der Waals surface area (Å²) in [4.78, 5) is 1.24. The molecule has 0 saturated carbocycles. The molecule has 0 radical (unpaired) electrons. The van der Waals surface area contributed by atoms with Gasteiger partial charge in [-0.05, 0) is 48.2 Å². The summed E-state index contributed by atoms with van der Waals surface area (Å²) >= 11 is 1.74. The average molecular weight is 426 g/mol. The molecular weight excluding hydrogens is 402 g/mol. The van der Waals surface area contributed by atoms with E-state index in [-0.39, 0.29) is 6.04 Å². The largest absolute Gasteiger partial charge is 0.399 e. The number of nitrogens with two attached hydrogens (primary N) is 1. The normalized spacial score (nSPS) is 15.5. The SMILES string of the molecule is CSc1ccc(-c2nn(-c3ccccc3)cc2C2CC(c3ccc(N)cc3)=NN2)cc1. The second-order valence-electron chi connectivity index (χ2n) is 7.51. The van der Waals surface area contributed by atoms with Gasteiger partial charge >= 0.3 is 0 Å². The maximum absolute atomic E-state index is 5.84. The molecule has 0 spiro atoms. The lowest BCUT2D eigenvalue weighted by molar-refractivity contribution is 0.621. The minimum Gasteiger partial charge on any atom is -0.399 e. The minimum atomic E-state index is 0.0558. The van der Waals surface area contributed by atoms with Crippen LogP contribution in [0.5, 0.6) is 0 Å². The topological polar surface area (TPSA) is 68.2 Å². The lowest BCUT2D eigenvalue weighted by Crippen LogP contribution is -2.10. The lowest BCUT2D eigenvalue weighted by Gasteiger charge is -2.10. The van der Waals surface area contributed by atoms with Crippen LogP contribution in [0.3, 0.4) is 0 Å². The molecule has 1 aliphatic heterocycles. The molecule has 0 bridgehead atoms. The third-order valence-electron chi connectivity index (χ3n) is 5.50. The number of nitrogens with zero attached hydrogens (tertiary/aromatic N) is 3. The third-order valence-corrected chi connectivity index (χ3v) is 6.24. The number of benzene rings is 3. The quantitative estimate of drug-likeness (QED) is 0.337. The van der Waals surface area contributed by atoms with Crippen LogP contribution in [0.15, 0.2) is 95.1 Å². The van der Waals surface area contributed by atoms with Crippen LogP contribution in [0.2, 0.25) is 0 Å². The standard InChI is InChI=1S/C25H23N5S/c1-31-21-13-9-18(10-14-21)25-22(16-30(29-25)20-5-3-2-4-6-20)24-15-23(27-28-24)17-7-11-19(26)12-8-17/h2-14,16,24,28H,15,26H2,1H3. The van der Waals surface area contributed by atoms with Gasteiger partial charge in [0, 0.05) is 34.3 Å². The van der Waals surface area contributed by atoms with Gasteiger partial charge in [0.25, 0.3) is 0 Å². The number of anilines is 1. The number of thioether (sulfide) groups is 1. The van der Waals surface area contributed by atoms with E-state index in [1.807, 2.05) is 47.1 Å². The molecule has 5 rings (SSSR count). The Hall–Kier alpha value is -3.51. The molecule has 0 saturated heterocycles. The van der Waals surface area contributed by atoms with E-state index in [4.69, 9.17) is 10.8 Å². The zero-order valence-corrected chi connectivity index (χ0v) is 18.0. The van der Waals surface area contributed by atoms with Crippen LogP contribution in [-0.2, 0) is 0 Å². The van der Waals surface area contributed by atoms with Crippen LogP contribution in [0, 0.1) is 0 Å². The van der Waals surface area contributed by atoms with Crippen molar-refractivity contribution in [1.29, 1.82) is 0 Å². The van der Waals surface area contributed by atoms with Gasteiger partial charge in [-0.2, -0.15) is 10.2 Å². The Morgan fingerprint density at radius 1 is 0.935 bits per heavy atom. The maximum atomic E-state index is 5.84. The summed E-state index contributed by atoms with van der Waals surface area (Å²) in [5, 5.41) is 9.59. The van der Waals surface area contributed by atoms with E-state index in [1.54, 1.807) is 11.8 Å². The van der Waals surface area contributed by atoms with Gasteiger partial charge < -0.3 is 11.2 Å². The molecule has 1 atom stereocenters. The predicted molar refractivity (Wildman–Crippen MR) is 129 cm³/mol. The first-order valence-corrected chi connectivity index (χ1v) is 11.4. The second kappa shape index (κ2) is 8.32. The molecule has 31 heavy (non-hydrogen) atoms. The highest BCUT2D eigenvalue weighted by atomic mass is 32.2. The summed E-state index contributed by atoms with van der Waals surface area (Å²) in [5.41, 5.74) is 16.3. The summed E-state index contributed by atoms with van der Waals surface area (Å²) in [6.45, 7) is 0. The van der Waals surface area contributed by atoms with Gasteiger partial charge in [-0.15, -0.1) is 11.8 Å². The summed E-state index contributed by atoms with van der Waals surface area (Å²) in [6.07, 6.45) is 5.00. The van der Waals surface area contributed by atoms with Gasteiger partial charge in [0.2, 0.25) is 0 Å². The Morgan fingerprint density at radius 3 is 2.35 bits per heavy atom. The van der Waals surface area contributed by atoms with Gasteiger partial charge in [-0.25, -0.2) is 4.68 Å². The number of aromatic nitrogens is 2. The average Bonchev–Trinajstić information content (AvgIpc) is 3.48. The molecule has 5 nitrogen and oxygen atoms in total. The Morgan fingerprint density at radius 2 is 1.65 bits per heavy atom. The molecule has 154 valence electrons. The first-order chi connectivity index (χ1) is 15.2. The van der Waals surface area contributed by atoms with Gasteiger partial charge in [-0.1, -0.05) is 42.5 Å². The van der Waals surface area contributed by atoms with Crippen LogP contribution >= 0.6 is 11.8 Å². The molecule has 3 N–H and O–H groups in total. The van der Waals surface area contributed by atoms with Gasteiger partial charge in [-0.3, -0.25) is 0 Å². The van der Waals surface area contributed by atoms with E-state index in [0.717, 1.165) is 45.9 Å². The zero-order chi connectivity index (χ0) is 21.2. The van der Waals surface area contributed by atoms with Crippen molar-refractivity contribution in [3.05, 3.63) is 96.2 Å². The van der Waals surface area contributed by atoms with Crippen molar-refractivity contribution in [2.45, 2.75) is 17.4 Å². The molecular formula is C25H23N5S. The minimum absolute atomic E-state index is 0.0558. The van der Waals surface area contributed by atoms with Gasteiger partial charge in [0.1, 0.15) is 0 Å². The molecule has 0 aliphatic carbocycles. The molecule has 6 heteroatoms. The smallest absolute Gasteiger partial charge is 0.0981 e. The van der Waals surface area contributed by atoms with Gasteiger partial charge in [0.05, 0.1) is 23.1 Å².